The van der Waals surface area contributed by atoms with Crippen LogP contribution in [0.15, 0.2) is 63.4 Å². The molecule has 11 nitrogen and oxygen atoms in total. The van der Waals surface area contributed by atoms with Crippen molar-refractivity contribution >= 4 is 69.5 Å². The molecule has 1 heterocycles. The lowest BCUT2D eigenvalue weighted by molar-refractivity contribution is -0.130. The second-order valence-corrected chi connectivity index (χ2v) is 7.99. The summed E-state index contributed by atoms with van der Waals surface area (Å²) in [7, 11) is 0. The van der Waals surface area contributed by atoms with Gasteiger partial charge in [0.05, 0.1) is 16.3 Å². The Labute approximate surface area is 195 Å². The predicted octanol–water partition coefficient (Wildman–Crippen LogP) is 2.64. The molecule has 0 aliphatic carbocycles. The van der Waals surface area contributed by atoms with Crippen molar-refractivity contribution in [3.05, 3.63) is 48.5 Å². The van der Waals surface area contributed by atoms with Crippen LogP contribution in [0.1, 0.15) is 0 Å². The number of phenols is 1. The number of benzene rings is 3. The van der Waals surface area contributed by atoms with Crippen molar-refractivity contribution in [2.24, 2.45) is 10.8 Å². The summed E-state index contributed by atoms with van der Waals surface area (Å²) >= 11 is 1.07. The molecule has 1 aliphatic rings. The van der Waals surface area contributed by atoms with Gasteiger partial charge in [-0.25, -0.2) is 4.79 Å². The van der Waals surface area contributed by atoms with Crippen molar-refractivity contribution in [1.29, 1.82) is 0 Å². The van der Waals surface area contributed by atoms with Gasteiger partial charge in [0.2, 0.25) is 0 Å². The first-order chi connectivity index (χ1) is 15.7. The Kier molecular flexibility index (Phi) is 7.30. The van der Waals surface area contributed by atoms with Crippen molar-refractivity contribution in [1.82, 2.24) is 0 Å². The first-order valence-electron chi connectivity index (χ1n) is 9.12. The van der Waals surface area contributed by atoms with Crippen LogP contribution >= 0.6 is 24.1 Å². The molecule has 0 saturated heterocycles. The molecule has 1 unspecified atom stereocenters. The van der Waals surface area contributed by atoms with E-state index < -0.39 is 17.9 Å². The van der Waals surface area contributed by atoms with Crippen molar-refractivity contribution in [3.8, 4) is 5.75 Å². The highest BCUT2D eigenvalue weighted by atomic mass is 32.2. The number of aromatic hydroxyl groups is 1. The maximum Gasteiger partial charge on any atom is 0.354 e. The summed E-state index contributed by atoms with van der Waals surface area (Å²) in [5.41, 5.74) is 17.5. The fraction of sp³-hybridized carbons (Fsp3) is 0.0500. The van der Waals surface area contributed by atoms with Gasteiger partial charge < -0.3 is 36.5 Å². The number of aliphatic carboxylic acids is 1. The van der Waals surface area contributed by atoms with Crippen molar-refractivity contribution in [2.75, 3.05) is 16.5 Å². The fourth-order valence-corrected chi connectivity index (χ4v) is 3.58. The molecule has 33 heavy (non-hydrogen) atoms. The average molecular weight is 490 g/mol. The Hall–Kier alpha value is -3.49. The molecule has 10 N–H and O–H groups in total. The van der Waals surface area contributed by atoms with E-state index in [0.29, 0.717) is 50.6 Å². The van der Waals surface area contributed by atoms with Crippen molar-refractivity contribution < 1.29 is 28.9 Å². The van der Waals surface area contributed by atoms with E-state index in [1.54, 1.807) is 36.4 Å². The molecular formula is C20H19N5O6S2. The van der Waals surface area contributed by atoms with Gasteiger partial charge in [-0.1, -0.05) is 0 Å². The summed E-state index contributed by atoms with van der Waals surface area (Å²) in [5.74, 6) is -1.94. The lowest BCUT2D eigenvalue weighted by atomic mass is 10.1. The molecule has 172 valence electrons. The van der Waals surface area contributed by atoms with Crippen LogP contribution in [0.5, 0.6) is 5.75 Å². The summed E-state index contributed by atoms with van der Waals surface area (Å²) < 4.78 is 17.8. The minimum absolute atomic E-state index is 0.0240. The monoisotopic (exact) mass is 489 g/mol. The molecule has 3 aromatic rings. The molecule has 13 heteroatoms. The number of rotatable bonds is 4. The van der Waals surface area contributed by atoms with Crippen LogP contribution in [0.3, 0.4) is 0 Å². The SMILES string of the molecule is NC1C(=O)N(c2ccc(SO)cc2)N=C1C(=O)O.Nc1ccc2c(O)c(N)c(SO)cc2c1. The largest absolute Gasteiger partial charge is 0.505 e. The standard InChI is InChI=1S/C10H9N3O4S.C10H10N2O2S/c11-7-8(10(15)16)12-13(9(7)14)5-1-3-6(18-17)4-2-5;11-6-1-2-7-5(3-6)4-8(15-14)9(12)10(7)13/h1-4,7,17H,11H2,(H,15,16);1-4,13-14H,11-12H2. The smallest absolute Gasteiger partial charge is 0.354 e. The van der Waals surface area contributed by atoms with Crippen LogP contribution in [0.25, 0.3) is 10.8 Å². The number of nitrogen functional groups attached to an aromatic ring is 2. The quantitative estimate of drug-likeness (QED) is 0.161. The maximum atomic E-state index is 11.7. The molecule has 4 rings (SSSR count). The normalized spacial score (nSPS) is 15.2. The highest BCUT2D eigenvalue weighted by Gasteiger charge is 2.37. The van der Waals surface area contributed by atoms with Gasteiger partial charge in [0.15, 0.2) is 5.71 Å². The van der Waals surface area contributed by atoms with Gasteiger partial charge in [-0.2, -0.15) is 10.1 Å². The Bertz CT molecular complexity index is 1250. The number of carbonyl (C=O) groups is 2. The number of fused-ring (bicyclic) bond motifs is 1. The van der Waals surface area contributed by atoms with Crippen LogP contribution in [-0.2, 0) is 9.59 Å². The van der Waals surface area contributed by atoms with Crippen molar-refractivity contribution in [3.63, 3.8) is 0 Å². The first-order valence-corrected chi connectivity index (χ1v) is 10.7. The summed E-state index contributed by atoms with van der Waals surface area (Å²) in [6, 6.07) is 11.8. The zero-order valence-corrected chi connectivity index (χ0v) is 18.4. The second kappa shape index (κ2) is 9.97. The Morgan fingerprint density at radius 3 is 2.24 bits per heavy atom. The number of hydrogen-bond acceptors (Lipinski definition) is 11. The van der Waals surface area contributed by atoms with Gasteiger partial charge >= 0.3 is 5.97 Å². The molecule has 1 aliphatic heterocycles. The number of nitrogens with zero attached hydrogens (tertiary/aromatic N) is 2. The third-order valence-corrected chi connectivity index (χ3v) is 5.64. The minimum atomic E-state index is -1.32. The van der Waals surface area contributed by atoms with Crippen LogP contribution in [0.4, 0.5) is 17.1 Å². The zero-order chi connectivity index (χ0) is 24.3. The number of hydrazone groups is 1. The minimum Gasteiger partial charge on any atom is -0.505 e. The van der Waals surface area contributed by atoms with Crippen LogP contribution in [-0.4, -0.2) is 42.9 Å². The van der Waals surface area contributed by atoms with Gasteiger partial charge in [-0.3, -0.25) is 4.79 Å². The third-order valence-electron chi connectivity index (χ3n) is 4.62. The van der Waals surface area contributed by atoms with E-state index in [2.05, 4.69) is 5.10 Å². The van der Waals surface area contributed by atoms with E-state index >= 15 is 0 Å². The number of carboxylic acids is 1. The van der Waals surface area contributed by atoms with Crippen LogP contribution < -0.4 is 22.2 Å². The number of hydrogen-bond donors (Lipinski definition) is 7. The molecule has 1 amide bonds. The number of carbonyl (C=O) groups excluding carboxylic acids is 1. The number of carboxylic acid groups (broad SMARTS) is 1. The third kappa shape index (κ3) is 4.97. The summed E-state index contributed by atoms with van der Waals surface area (Å²) in [5, 5.41) is 24.6. The van der Waals surface area contributed by atoms with Crippen molar-refractivity contribution in [2.45, 2.75) is 15.8 Å². The Balaban J connectivity index is 0.000000189. The zero-order valence-electron chi connectivity index (χ0n) is 16.7. The predicted molar refractivity (Wildman–Crippen MR) is 128 cm³/mol. The summed E-state index contributed by atoms with van der Waals surface area (Å²) in [4.78, 5) is 23.6. The topological polar surface area (TPSA) is 209 Å². The molecule has 0 fully saturated rings. The molecule has 0 saturated carbocycles. The highest BCUT2D eigenvalue weighted by Crippen LogP contribution is 2.38. The lowest BCUT2D eigenvalue weighted by Crippen LogP contribution is -2.41. The van der Waals surface area contributed by atoms with Crippen LogP contribution in [0, 0.1) is 0 Å². The molecule has 0 aromatic heterocycles. The van der Waals surface area contributed by atoms with Gasteiger partial charge in [0, 0.05) is 40.1 Å². The first kappa shape index (κ1) is 24.2. The average Bonchev–Trinajstić information content (AvgIpc) is 3.11. The summed E-state index contributed by atoms with van der Waals surface area (Å²) in [6.45, 7) is 0. The molecule has 0 radical (unpaired) electrons. The van der Waals surface area contributed by atoms with E-state index in [-0.39, 0.29) is 17.1 Å². The van der Waals surface area contributed by atoms with E-state index in [0.717, 1.165) is 10.4 Å². The fourth-order valence-electron chi connectivity index (χ4n) is 2.95. The van der Waals surface area contributed by atoms with E-state index in [1.807, 2.05) is 0 Å². The van der Waals surface area contributed by atoms with Crippen LogP contribution in [0.2, 0.25) is 0 Å². The second-order valence-electron chi connectivity index (χ2n) is 6.71. The Morgan fingerprint density at radius 1 is 1.03 bits per heavy atom. The lowest BCUT2D eigenvalue weighted by Gasteiger charge is -2.12. The highest BCUT2D eigenvalue weighted by molar-refractivity contribution is 7.94. The van der Waals surface area contributed by atoms with Gasteiger partial charge in [-0.15, -0.1) is 0 Å². The number of anilines is 3. The molecule has 0 spiro atoms. The Morgan fingerprint density at radius 2 is 1.70 bits per heavy atom. The molecule has 0 bridgehead atoms. The van der Waals surface area contributed by atoms with E-state index in [4.69, 9.17) is 31.4 Å². The number of amides is 1. The number of phenolic OH excluding ortho intramolecular Hbond substituents is 1. The molecule has 3 aromatic carbocycles. The number of nitrogens with two attached hydrogens (primary N) is 3. The molecular weight excluding hydrogens is 470 g/mol. The van der Waals surface area contributed by atoms with Gasteiger partial charge in [-0.05, 0) is 53.9 Å². The maximum absolute atomic E-state index is 11.7. The van der Waals surface area contributed by atoms with E-state index in [9.17, 15) is 14.7 Å². The van der Waals surface area contributed by atoms with E-state index in [1.165, 1.54) is 12.1 Å². The molecule has 1 atom stereocenters. The summed E-state index contributed by atoms with van der Waals surface area (Å²) in [6.07, 6.45) is 0. The van der Waals surface area contributed by atoms with Gasteiger partial charge in [0.1, 0.15) is 11.8 Å². The van der Waals surface area contributed by atoms with Gasteiger partial charge in [0.25, 0.3) is 5.91 Å².